The minimum atomic E-state index is -0.1000. The fraction of sp³-hybridized carbons (Fsp3) is 0.368. The average molecular weight is 390 g/mol. The molecule has 0 radical (unpaired) electrons. The predicted molar refractivity (Wildman–Crippen MR) is 107 cm³/mol. The lowest BCUT2D eigenvalue weighted by atomic mass is 9.91. The van der Waals surface area contributed by atoms with E-state index in [9.17, 15) is 0 Å². The summed E-state index contributed by atoms with van der Waals surface area (Å²) < 4.78 is 2.09. The van der Waals surface area contributed by atoms with Gasteiger partial charge in [-0.3, -0.25) is 4.40 Å². The van der Waals surface area contributed by atoms with E-state index in [1.54, 1.807) is 6.07 Å². The van der Waals surface area contributed by atoms with Crippen LogP contribution in [0.25, 0.3) is 16.9 Å². The molecule has 0 saturated carbocycles. The fourth-order valence-corrected chi connectivity index (χ4v) is 3.87. The summed E-state index contributed by atoms with van der Waals surface area (Å²) in [4.78, 5) is 11.6. The summed E-state index contributed by atoms with van der Waals surface area (Å²) in [7, 11) is 0. The molecule has 2 aromatic heterocycles. The molecular formula is C19H21Cl2N5. The maximum atomic E-state index is 6.43. The maximum absolute atomic E-state index is 6.43. The third-order valence-corrected chi connectivity index (χ3v) is 5.93. The number of aryl methyl sites for hydroxylation is 1. The largest absolute Gasteiger partial charge is 0.355 e. The number of nitrogens with zero attached hydrogens (tertiary/aromatic N) is 4. The molecule has 0 unspecified atom stereocenters. The highest BCUT2D eigenvalue weighted by molar-refractivity contribution is 6.43. The quantitative estimate of drug-likeness (QED) is 0.708. The highest BCUT2D eigenvalue weighted by atomic mass is 35.5. The first-order chi connectivity index (χ1) is 12.4. The van der Waals surface area contributed by atoms with Gasteiger partial charge in [-0.1, -0.05) is 29.3 Å². The molecule has 1 saturated heterocycles. The molecule has 26 heavy (non-hydrogen) atoms. The van der Waals surface area contributed by atoms with E-state index < -0.39 is 0 Å². The normalized spacial score (nSPS) is 17.0. The van der Waals surface area contributed by atoms with Crippen molar-refractivity contribution >= 4 is 34.5 Å². The van der Waals surface area contributed by atoms with Crippen molar-refractivity contribution in [3.63, 3.8) is 0 Å². The Morgan fingerprint density at radius 3 is 2.58 bits per heavy atom. The van der Waals surface area contributed by atoms with Crippen molar-refractivity contribution in [2.45, 2.75) is 32.2 Å². The Morgan fingerprint density at radius 2 is 1.85 bits per heavy atom. The van der Waals surface area contributed by atoms with Gasteiger partial charge in [-0.05, 0) is 38.8 Å². The zero-order valence-electron chi connectivity index (χ0n) is 14.8. The van der Waals surface area contributed by atoms with Gasteiger partial charge in [0.2, 0.25) is 0 Å². The second-order valence-corrected chi connectivity index (χ2v) is 8.05. The van der Waals surface area contributed by atoms with Crippen molar-refractivity contribution in [1.29, 1.82) is 0 Å². The second-order valence-electron chi connectivity index (χ2n) is 7.27. The SMILES string of the molecule is Cc1cnc(N2CCC(C)(N)CC2)c2cnc(-c3cccc(Cl)c3Cl)n12. The van der Waals surface area contributed by atoms with Crippen LogP contribution in [0.3, 0.4) is 0 Å². The summed E-state index contributed by atoms with van der Waals surface area (Å²) in [5, 5.41) is 1.03. The van der Waals surface area contributed by atoms with Crippen molar-refractivity contribution in [3.8, 4) is 11.4 Å². The predicted octanol–water partition coefficient (Wildman–Crippen LogP) is 4.33. The second kappa shape index (κ2) is 6.41. The van der Waals surface area contributed by atoms with E-state index in [2.05, 4.69) is 21.2 Å². The molecule has 3 aromatic rings. The number of imidazole rings is 1. The topological polar surface area (TPSA) is 59.5 Å². The van der Waals surface area contributed by atoms with E-state index in [0.717, 1.165) is 54.3 Å². The fourth-order valence-electron chi connectivity index (χ4n) is 3.48. The van der Waals surface area contributed by atoms with E-state index >= 15 is 0 Å². The third kappa shape index (κ3) is 2.94. The first kappa shape index (κ1) is 17.6. The van der Waals surface area contributed by atoms with Crippen LogP contribution in [0.5, 0.6) is 0 Å². The number of fused-ring (bicyclic) bond motifs is 1. The van der Waals surface area contributed by atoms with Crippen LogP contribution in [0.15, 0.2) is 30.6 Å². The van der Waals surface area contributed by atoms with Gasteiger partial charge in [0.05, 0.1) is 16.2 Å². The Bertz CT molecular complexity index is 969. The number of anilines is 1. The van der Waals surface area contributed by atoms with Crippen LogP contribution in [-0.2, 0) is 0 Å². The number of hydrogen-bond donors (Lipinski definition) is 1. The number of benzene rings is 1. The summed E-state index contributed by atoms with van der Waals surface area (Å²) >= 11 is 12.6. The zero-order valence-corrected chi connectivity index (χ0v) is 16.3. The third-order valence-electron chi connectivity index (χ3n) is 5.12. The molecule has 136 valence electrons. The number of piperidine rings is 1. The van der Waals surface area contributed by atoms with E-state index in [4.69, 9.17) is 33.9 Å². The van der Waals surface area contributed by atoms with Crippen LogP contribution in [0.2, 0.25) is 10.0 Å². The molecule has 0 bridgehead atoms. The molecule has 0 aliphatic carbocycles. The summed E-state index contributed by atoms with van der Waals surface area (Å²) in [5.74, 6) is 1.71. The monoisotopic (exact) mass is 389 g/mol. The minimum absolute atomic E-state index is 0.1000. The zero-order chi connectivity index (χ0) is 18.5. The standard InChI is InChI=1S/C19H21Cl2N5/c1-12-10-23-18(25-8-6-19(2,22)7-9-25)15-11-24-17(26(12)15)13-4-3-5-14(20)16(13)21/h3-5,10-11H,6-9,22H2,1-2H3. The molecule has 1 aliphatic heterocycles. The molecule has 1 fully saturated rings. The summed E-state index contributed by atoms with van der Waals surface area (Å²) in [6.45, 7) is 5.90. The smallest absolute Gasteiger partial charge is 0.154 e. The van der Waals surface area contributed by atoms with E-state index in [1.807, 2.05) is 31.5 Å². The van der Waals surface area contributed by atoms with Crippen molar-refractivity contribution in [1.82, 2.24) is 14.4 Å². The van der Waals surface area contributed by atoms with Crippen LogP contribution in [0.1, 0.15) is 25.5 Å². The van der Waals surface area contributed by atoms with Crippen molar-refractivity contribution < 1.29 is 0 Å². The van der Waals surface area contributed by atoms with Crippen molar-refractivity contribution in [2.75, 3.05) is 18.0 Å². The number of aromatic nitrogens is 3. The molecule has 0 spiro atoms. The van der Waals surface area contributed by atoms with Gasteiger partial charge in [0.15, 0.2) is 5.82 Å². The highest BCUT2D eigenvalue weighted by Gasteiger charge is 2.28. The van der Waals surface area contributed by atoms with Crippen LogP contribution in [0.4, 0.5) is 5.82 Å². The summed E-state index contributed by atoms with van der Waals surface area (Å²) in [5.41, 5.74) is 8.95. The van der Waals surface area contributed by atoms with Gasteiger partial charge in [0, 0.05) is 36.1 Å². The minimum Gasteiger partial charge on any atom is -0.355 e. The lowest BCUT2D eigenvalue weighted by Crippen LogP contribution is -2.48. The molecule has 0 amide bonds. The summed E-state index contributed by atoms with van der Waals surface area (Å²) in [6, 6.07) is 5.60. The lowest BCUT2D eigenvalue weighted by Gasteiger charge is -2.37. The molecule has 1 aromatic carbocycles. The molecule has 1 aliphatic rings. The Morgan fingerprint density at radius 1 is 1.12 bits per heavy atom. The number of halogens is 2. The van der Waals surface area contributed by atoms with Crippen LogP contribution in [0, 0.1) is 6.92 Å². The Labute approximate surface area is 162 Å². The first-order valence-corrected chi connectivity index (χ1v) is 9.44. The van der Waals surface area contributed by atoms with E-state index in [-0.39, 0.29) is 5.54 Å². The summed E-state index contributed by atoms with van der Waals surface area (Å²) in [6.07, 6.45) is 5.62. The van der Waals surface area contributed by atoms with E-state index in [1.165, 1.54) is 0 Å². The van der Waals surface area contributed by atoms with Gasteiger partial charge >= 0.3 is 0 Å². The van der Waals surface area contributed by atoms with Crippen LogP contribution < -0.4 is 10.6 Å². The van der Waals surface area contributed by atoms with Crippen LogP contribution >= 0.6 is 23.2 Å². The molecule has 4 rings (SSSR count). The maximum Gasteiger partial charge on any atom is 0.154 e. The van der Waals surface area contributed by atoms with Gasteiger partial charge in [0.25, 0.3) is 0 Å². The van der Waals surface area contributed by atoms with Gasteiger partial charge < -0.3 is 10.6 Å². The van der Waals surface area contributed by atoms with Crippen molar-refractivity contribution in [2.24, 2.45) is 5.73 Å². The molecule has 7 heteroatoms. The number of hydrogen-bond acceptors (Lipinski definition) is 4. The average Bonchev–Trinajstić information content (AvgIpc) is 3.04. The Kier molecular flexibility index (Phi) is 4.34. The van der Waals surface area contributed by atoms with Crippen LogP contribution in [-0.4, -0.2) is 33.0 Å². The van der Waals surface area contributed by atoms with Gasteiger partial charge in [0.1, 0.15) is 11.3 Å². The Balaban J connectivity index is 1.83. The molecule has 3 heterocycles. The molecule has 0 atom stereocenters. The first-order valence-electron chi connectivity index (χ1n) is 8.69. The Hall–Kier alpha value is -1.82. The molecule has 5 nitrogen and oxygen atoms in total. The van der Waals surface area contributed by atoms with Gasteiger partial charge in [-0.2, -0.15) is 0 Å². The van der Waals surface area contributed by atoms with E-state index in [0.29, 0.717) is 10.0 Å². The van der Waals surface area contributed by atoms with Gasteiger partial charge in [-0.25, -0.2) is 9.97 Å². The number of nitrogens with two attached hydrogens (primary N) is 1. The lowest BCUT2D eigenvalue weighted by molar-refractivity contribution is 0.363. The van der Waals surface area contributed by atoms with Crippen molar-refractivity contribution in [3.05, 3.63) is 46.3 Å². The van der Waals surface area contributed by atoms with Gasteiger partial charge in [-0.15, -0.1) is 0 Å². The highest BCUT2D eigenvalue weighted by Crippen LogP contribution is 2.35. The molecular weight excluding hydrogens is 369 g/mol. The number of rotatable bonds is 2. The molecule has 2 N–H and O–H groups in total.